The number of nitrogens with one attached hydrogen (secondary N) is 2. The van der Waals surface area contributed by atoms with Gasteiger partial charge < -0.3 is 10.6 Å². The topological polar surface area (TPSA) is 71.6 Å². The number of hydrogen-bond acceptors (Lipinski definition) is 4. The number of hydrogen-bond donors (Lipinski definition) is 2. The second-order valence-electron chi connectivity index (χ2n) is 8.94. The number of rotatable bonds is 11. The number of benzene rings is 4. The summed E-state index contributed by atoms with van der Waals surface area (Å²) in [5.74, 6) is 0. The molecule has 4 aromatic rings. The minimum Gasteiger partial charge on any atom is -0.367 e. The van der Waals surface area contributed by atoms with Gasteiger partial charge in [-0.3, -0.25) is 0 Å². The molecule has 186 valence electrons. The lowest BCUT2D eigenvalue weighted by Crippen LogP contribution is -2.14. The molecule has 0 heterocycles. The fourth-order valence-corrected chi connectivity index (χ4v) is 3.97. The van der Waals surface area contributed by atoms with E-state index in [1.165, 1.54) is 11.1 Å². The van der Waals surface area contributed by atoms with Crippen LogP contribution < -0.4 is 10.6 Å². The van der Waals surface area contributed by atoms with Gasteiger partial charge in [0.05, 0.1) is 12.1 Å². The Bertz CT molecular complexity index is 1300. The third-order valence-corrected chi connectivity index (χ3v) is 6.09. The third-order valence-electron chi connectivity index (χ3n) is 6.09. The normalized spacial score (nSPS) is 12.5. The van der Waals surface area contributed by atoms with Gasteiger partial charge in [0.2, 0.25) is 0 Å². The summed E-state index contributed by atoms with van der Waals surface area (Å²) >= 11 is 0. The second kappa shape index (κ2) is 13.9. The average molecular weight is 495 g/mol. The Hall–Kier alpha value is -5.06. The molecule has 0 saturated heterocycles. The minimum absolute atomic E-state index is 0.400. The maximum atomic E-state index is 9.50. The fraction of sp³-hybridized carbons (Fsp3) is 0.118. The summed E-state index contributed by atoms with van der Waals surface area (Å²) in [6.45, 7) is 0. The molecule has 0 aromatic heterocycles. The highest BCUT2D eigenvalue weighted by Gasteiger charge is 2.05. The zero-order chi connectivity index (χ0) is 26.4. The molecule has 38 heavy (non-hydrogen) atoms. The molecule has 0 bridgehead atoms. The Balaban J connectivity index is 1.26. The van der Waals surface area contributed by atoms with Gasteiger partial charge in [0, 0.05) is 11.4 Å². The first-order valence-electron chi connectivity index (χ1n) is 12.7. The third kappa shape index (κ3) is 8.26. The van der Waals surface area contributed by atoms with E-state index >= 15 is 0 Å². The van der Waals surface area contributed by atoms with E-state index in [9.17, 15) is 10.5 Å². The van der Waals surface area contributed by atoms with Gasteiger partial charge in [-0.1, -0.05) is 97.1 Å². The van der Waals surface area contributed by atoms with Crippen molar-refractivity contribution in [1.82, 2.24) is 0 Å². The molecule has 4 rings (SSSR count). The molecule has 0 radical (unpaired) electrons. The number of nitriles is 2. The minimum atomic E-state index is -0.400. The summed E-state index contributed by atoms with van der Waals surface area (Å²) in [5, 5.41) is 25.5. The standard InChI is InChI=1S/C34H30N4/c35-25-33(23-17-27-7-3-1-4-8-27)37-31-19-13-29(14-20-31)11-12-30-15-21-32(22-16-30)38-34(26-36)24-18-28-9-5-2-6-10-28/h1-10,13-24,33-34,37-38H,11-12H2. The highest BCUT2D eigenvalue weighted by molar-refractivity contribution is 5.55. The van der Waals surface area contributed by atoms with Gasteiger partial charge >= 0.3 is 0 Å². The SMILES string of the molecule is N#CC(C=Cc1ccccc1)Nc1ccc(CCc2ccc(NC(C#N)C=Cc3ccccc3)cc2)cc1. The molecule has 4 nitrogen and oxygen atoms in total. The van der Waals surface area contributed by atoms with Gasteiger partial charge in [0.25, 0.3) is 0 Å². The van der Waals surface area contributed by atoms with Crippen LogP contribution in [0, 0.1) is 22.7 Å². The zero-order valence-corrected chi connectivity index (χ0v) is 21.2. The maximum absolute atomic E-state index is 9.50. The molecule has 0 aliphatic rings. The highest BCUT2D eigenvalue weighted by Crippen LogP contribution is 2.16. The second-order valence-corrected chi connectivity index (χ2v) is 8.94. The summed E-state index contributed by atoms with van der Waals surface area (Å²) in [6.07, 6.45) is 9.50. The van der Waals surface area contributed by atoms with Crippen LogP contribution in [0.4, 0.5) is 11.4 Å². The lowest BCUT2D eigenvalue weighted by molar-refractivity contribution is 0.959. The van der Waals surface area contributed by atoms with Gasteiger partial charge in [0.1, 0.15) is 12.1 Å². The van der Waals surface area contributed by atoms with Crippen molar-refractivity contribution in [2.75, 3.05) is 10.6 Å². The molecule has 0 aliphatic heterocycles. The lowest BCUT2D eigenvalue weighted by atomic mass is 10.0. The van der Waals surface area contributed by atoms with Gasteiger partial charge in [-0.05, 0) is 71.5 Å². The van der Waals surface area contributed by atoms with E-state index in [1.807, 2.05) is 109 Å². The molecule has 0 aliphatic carbocycles. The summed E-state index contributed by atoms with van der Waals surface area (Å²) in [7, 11) is 0. The van der Waals surface area contributed by atoms with E-state index in [0.29, 0.717) is 0 Å². The van der Waals surface area contributed by atoms with Crippen molar-refractivity contribution in [2.45, 2.75) is 24.9 Å². The fourth-order valence-electron chi connectivity index (χ4n) is 3.97. The number of anilines is 2. The van der Waals surface area contributed by atoms with E-state index in [-0.39, 0.29) is 0 Å². The van der Waals surface area contributed by atoms with Crippen LogP contribution in [0.2, 0.25) is 0 Å². The van der Waals surface area contributed by atoms with Crippen molar-refractivity contribution < 1.29 is 0 Å². The number of nitrogens with zero attached hydrogens (tertiary/aromatic N) is 2. The van der Waals surface area contributed by atoms with Crippen LogP contribution in [0.15, 0.2) is 121 Å². The molecule has 0 spiro atoms. The molecular formula is C34H30N4. The van der Waals surface area contributed by atoms with Crippen LogP contribution >= 0.6 is 0 Å². The average Bonchev–Trinajstić information content (AvgIpc) is 2.98. The Morgan fingerprint density at radius 1 is 0.526 bits per heavy atom. The molecule has 0 fully saturated rings. The smallest absolute Gasteiger partial charge is 0.133 e. The van der Waals surface area contributed by atoms with Crippen LogP contribution in [-0.2, 0) is 12.8 Å². The van der Waals surface area contributed by atoms with Crippen LogP contribution in [0.1, 0.15) is 22.3 Å². The Labute approximate surface area is 225 Å². The molecule has 0 amide bonds. The molecule has 4 aromatic carbocycles. The van der Waals surface area contributed by atoms with E-state index in [1.54, 1.807) is 0 Å². The first-order valence-corrected chi connectivity index (χ1v) is 12.7. The largest absolute Gasteiger partial charge is 0.367 e. The predicted octanol–water partition coefficient (Wildman–Crippen LogP) is 7.51. The van der Waals surface area contributed by atoms with Gasteiger partial charge in [0.15, 0.2) is 0 Å². The van der Waals surface area contributed by atoms with Crippen LogP contribution in [0.3, 0.4) is 0 Å². The van der Waals surface area contributed by atoms with E-state index in [4.69, 9.17) is 0 Å². The van der Waals surface area contributed by atoms with Crippen molar-refractivity contribution in [3.8, 4) is 12.1 Å². The van der Waals surface area contributed by atoms with E-state index in [2.05, 4.69) is 47.0 Å². The Morgan fingerprint density at radius 3 is 1.24 bits per heavy atom. The molecule has 2 N–H and O–H groups in total. The zero-order valence-electron chi connectivity index (χ0n) is 21.2. The van der Waals surface area contributed by atoms with Gasteiger partial charge in [-0.15, -0.1) is 0 Å². The molecule has 0 saturated carbocycles. The van der Waals surface area contributed by atoms with E-state index in [0.717, 1.165) is 35.3 Å². The van der Waals surface area contributed by atoms with Gasteiger partial charge in [-0.25, -0.2) is 0 Å². The molecular weight excluding hydrogens is 464 g/mol. The summed E-state index contributed by atoms with van der Waals surface area (Å²) in [6, 6.07) is 40.2. The maximum Gasteiger partial charge on any atom is 0.133 e. The summed E-state index contributed by atoms with van der Waals surface area (Å²) in [5.41, 5.74) is 6.45. The first kappa shape index (κ1) is 26.0. The van der Waals surface area contributed by atoms with Crippen molar-refractivity contribution >= 4 is 23.5 Å². The van der Waals surface area contributed by atoms with Gasteiger partial charge in [-0.2, -0.15) is 10.5 Å². The molecule has 2 unspecified atom stereocenters. The molecule has 2 atom stereocenters. The summed E-state index contributed by atoms with van der Waals surface area (Å²) in [4.78, 5) is 0. The Morgan fingerprint density at radius 2 is 0.895 bits per heavy atom. The summed E-state index contributed by atoms with van der Waals surface area (Å²) < 4.78 is 0. The predicted molar refractivity (Wildman–Crippen MR) is 157 cm³/mol. The molecule has 4 heteroatoms. The van der Waals surface area contributed by atoms with Crippen molar-refractivity contribution in [1.29, 1.82) is 10.5 Å². The van der Waals surface area contributed by atoms with E-state index < -0.39 is 12.1 Å². The van der Waals surface area contributed by atoms with Crippen molar-refractivity contribution in [3.63, 3.8) is 0 Å². The van der Waals surface area contributed by atoms with Crippen LogP contribution in [-0.4, -0.2) is 12.1 Å². The Kier molecular flexibility index (Phi) is 9.50. The van der Waals surface area contributed by atoms with Crippen molar-refractivity contribution in [3.05, 3.63) is 144 Å². The number of aryl methyl sites for hydroxylation is 2. The van der Waals surface area contributed by atoms with Crippen LogP contribution in [0.5, 0.6) is 0 Å². The van der Waals surface area contributed by atoms with Crippen LogP contribution in [0.25, 0.3) is 12.2 Å². The first-order chi connectivity index (χ1) is 18.7. The quantitative estimate of drug-likeness (QED) is 0.226. The lowest BCUT2D eigenvalue weighted by Gasteiger charge is -2.11. The van der Waals surface area contributed by atoms with Crippen molar-refractivity contribution in [2.24, 2.45) is 0 Å². The highest BCUT2D eigenvalue weighted by atomic mass is 14.9. The monoisotopic (exact) mass is 494 g/mol.